The van der Waals surface area contributed by atoms with E-state index in [2.05, 4.69) is 5.32 Å². The van der Waals surface area contributed by atoms with Crippen molar-refractivity contribution in [1.82, 2.24) is 10.2 Å². The van der Waals surface area contributed by atoms with Gasteiger partial charge in [-0.25, -0.2) is 13.2 Å². The summed E-state index contributed by atoms with van der Waals surface area (Å²) in [5.41, 5.74) is -1.16. The van der Waals surface area contributed by atoms with E-state index in [1.54, 1.807) is 0 Å². The topological polar surface area (TPSA) is 101 Å². The molecular weight excluding hydrogens is 296 g/mol. The lowest BCUT2D eigenvalue weighted by molar-refractivity contribution is -0.151. The number of sulfone groups is 1. The zero-order valence-electron chi connectivity index (χ0n) is 11.6. The minimum Gasteiger partial charge on any atom is -0.277 e. The summed E-state index contributed by atoms with van der Waals surface area (Å²) >= 11 is 0. The van der Waals surface area contributed by atoms with Gasteiger partial charge in [-0.05, 0) is 25.7 Å². The first-order valence-electron chi connectivity index (χ1n) is 7.26. The number of hydrogen-bond acceptors (Lipinski definition) is 5. The number of urea groups is 1. The zero-order valence-corrected chi connectivity index (χ0v) is 12.4. The monoisotopic (exact) mass is 314 g/mol. The Hall–Kier alpha value is -1.44. The van der Waals surface area contributed by atoms with Gasteiger partial charge in [0.1, 0.15) is 5.41 Å². The summed E-state index contributed by atoms with van der Waals surface area (Å²) in [5, 5.41) is 1.53. The van der Waals surface area contributed by atoms with Crippen molar-refractivity contribution in [3.8, 4) is 0 Å². The maximum Gasteiger partial charge on any atom is 0.330 e. The van der Waals surface area contributed by atoms with Gasteiger partial charge >= 0.3 is 6.03 Å². The van der Waals surface area contributed by atoms with Crippen LogP contribution in [0.5, 0.6) is 0 Å². The molecule has 8 heteroatoms. The number of nitrogens with zero attached hydrogens (tertiary/aromatic N) is 1. The third kappa shape index (κ3) is 2.16. The van der Waals surface area contributed by atoms with Gasteiger partial charge in [-0.1, -0.05) is 12.8 Å². The molecule has 0 aromatic carbocycles. The maximum atomic E-state index is 12.6. The first-order valence-corrected chi connectivity index (χ1v) is 8.97. The number of carbonyl (C=O) groups is 3. The molecule has 2 heterocycles. The van der Waals surface area contributed by atoms with Crippen molar-refractivity contribution >= 4 is 27.7 Å². The minimum atomic E-state index is -3.24. The predicted molar refractivity (Wildman–Crippen MR) is 73.0 cm³/mol. The van der Waals surface area contributed by atoms with Gasteiger partial charge in [0.05, 0.1) is 11.0 Å². The van der Waals surface area contributed by atoms with Gasteiger partial charge in [-0.3, -0.25) is 19.8 Å². The van der Waals surface area contributed by atoms with Crippen LogP contribution >= 0.6 is 0 Å². The summed E-state index contributed by atoms with van der Waals surface area (Å²) in [6.07, 6.45) is 3.41. The fraction of sp³-hybridized carbons (Fsp3) is 0.769. The number of hydrogen-bond donors (Lipinski definition) is 1. The normalized spacial score (nSPS) is 31.0. The van der Waals surface area contributed by atoms with E-state index in [9.17, 15) is 22.8 Å². The number of nitrogens with one attached hydrogen (secondary N) is 1. The molecule has 0 radical (unpaired) electrons. The van der Waals surface area contributed by atoms with Crippen LogP contribution in [0.3, 0.4) is 0 Å². The second-order valence-electron chi connectivity index (χ2n) is 6.10. The number of imide groups is 2. The average molecular weight is 314 g/mol. The lowest BCUT2D eigenvalue weighted by Gasteiger charge is -2.37. The van der Waals surface area contributed by atoms with E-state index in [0.717, 1.165) is 17.7 Å². The minimum absolute atomic E-state index is 0.103. The maximum absolute atomic E-state index is 12.6. The molecule has 4 amide bonds. The molecule has 7 nitrogen and oxygen atoms in total. The summed E-state index contributed by atoms with van der Waals surface area (Å²) in [5.74, 6) is -0.942. The number of amides is 4. The van der Waals surface area contributed by atoms with Crippen LogP contribution in [-0.2, 0) is 19.4 Å². The molecule has 3 fully saturated rings. The van der Waals surface area contributed by atoms with Crippen LogP contribution in [0.1, 0.15) is 38.5 Å². The van der Waals surface area contributed by atoms with Gasteiger partial charge < -0.3 is 0 Å². The molecule has 1 spiro atoms. The van der Waals surface area contributed by atoms with Gasteiger partial charge in [0.15, 0.2) is 9.84 Å². The highest BCUT2D eigenvalue weighted by Crippen LogP contribution is 2.42. The summed E-state index contributed by atoms with van der Waals surface area (Å²) < 4.78 is 23.8. The van der Waals surface area contributed by atoms with Crippen molar-refractivity contribution in [1.29, 1.82) is 0 Å². The molecule has 116 valence electrons. The Morgan fingerprint density at radius 3 is 2.38 bits per heavy atom. The van der Waals surface area contributed by atoms with Gasteiger partial charge in [0.25, 0.3) is 0 Å². The quantitative estimate of drug-likeness (QED) is 0.734. The Kier molecular flexibility index (Phi) is 3.31. The Labute approximate surface area is 123 Å². The van der Waals surface area contributed by atoms with Crippen molar-refractivity contribution in [2.24, 2.45) is 5.41 Å². The fourth-order valence-corrected chi connectivity index (χ4v) is 5.39. The molecule has 0 aromatic heterocycles. The van der Waals surface area contributed by atoms with E-state index in [1.807, 2.05) is 0 Å². The second-order valence-corrected chi connectivity index (χ2v) is 8.50. The third-order valence-corrected chi connectivity index (χ3v) is 7.12. The Morgan fingerprint density at radius 1 is 1.14 bits per heavy atom. The van der Waals surface area contributed by atoms with Crippen molar-refractivity contribution in [2.75, 3.05) is 12.3 Å². The van der Waals surface area contributed by atoms with Gasteiger partial charge in [0, 0.05) is 6.54 Å². The lowest BCUT2D eigenvalue weighted by atomic mass is 9.82. The van der Waals surface area contributed by atoms with E-state index in [0.29, 0.717) is 25.7 Å². The zero-order chi connectivity index (χ0) is 15.3. The van der Waals surface area contributed by atoms with Crippen molar-refractivity contribution in [2.45, 2.75) is 43.8 Å². The highest BCUT2D eigenvalue weighted by Gasteiger charge is 2.55. The van der Waals surface area contributed by atoms with Crippen LogP contribution in [0.4, 0.5) is 4.79 Å². The van der Waals surface area contributed by atoms with E-state index in [4.69, 9.17) is 0 Å². The summed E-state index contributed by atoms with van der Waals surface area (Å²) in [4.78, 5) is 37.5. The van der Waals surface area contributed by atoms with Crippen LogP contribution in [0.15, 0.2) is 0 Å². The Bertz CT molecular complexity index is 606. The first kappa shape index (κ1) is 14.5. The molecule has 1 aliphatic carbocycles. The molecule has 0 bridgehead atoms. The predicted octanol–water partition coefficient (Wildman–Crippen LogP) is 0.202. The van der Waals surface area contributed by atoms with E-state index < -0.39 is 38.3 Å². The molecule has 1 atom stereocenters. The van der Waals surface area contributed by atoms with Crippen LogP contribution in [-0.4, -0.2) is 48.7 Å². The smallest absolute Gasteiger partial charge is 0.277 e. The number of carbonyl (C=O) groups excluding carboxylic acids is 3. The Balaban J connectivity index is 1.86. The molecule has 1 saturated carbocycles. The van der Waals surface area contributed by atoms with Crippen molar-refractivity contribution in [3.63, 3.8) is 0 Å². The Morgan fingerprint density at radius 2 is 1.81 bits per heavy atom. The van der Waals surface area contributed by atoms with Gasteiger partial charge in [-0.15, -0.1) is 0 Å². The van der Waals surface area contributed by atoms with Crippen molar-refractivity contribution < 1.29 is 22.8 Å². The molecule has 0 aromatic rings. The van der Waals surface area contributed by atoms with Crippen molar-refractivity contribution in [3.05, 3.63) is 0 Å². The largest absolute Gasteiger partial charge is 0.330 e. The standard InChI is InChI=1S/C13H18N2O5S/c16-10-13(5-1-2-6-13)11(17)15(12(18)14-10)8-9-4-3-7-21(9,19)20/h9H,1-8H2,(H,14,16,18). The lowest BCUT2D eigenvalue weighted by Crippen LogP contribution is -2.64. The summed E-state index contributed by atoms with van der Waals surface area (Å²) in [6.45, 7) is -0.137. The molecular formula is C13H18N2O5S. The molecule has 2 aliphatic heterocycles. The van der Waals surface area contributed by atoms with E-state index in [-0.39, 0.29) is 12.3 Å². The number of rotatable bonds is 2. The van der Waals surface area contributed by atoms with Gasteiger partial charge in [0.2, 0.25) is 11.8 Å². The fourth-order valence-electron chi connectivity index (χ4n) is 3.58. The molecule has 1 unspecified atom stereocenters. The van der Waals surface area contributed by atoms with Crippen LogP contribution in [0, 0.1) is 5.41 Å². The second kappa shape index (κ2) is 4.79. The summed E-state index contributed by atoms with van der Waals surface area (Å²) in [7, 11) is -3.24. The number of barbiturate groups is 1. The SMILES string of the molecule is O=C1NC(=O)C2(CCCC2)C(=O)N1CC1CCCS1(=O)=O. The van der Waals surface area contributed by atoms with Crippen LogP contribution in [0.2, 0.25) is 0 Å². The molecule has 2 saturated heterocycles. The van der Waals surface area contributed by atoms with E-state index in [1.165, 1.54) is 0 Å². The molecule has 3 aliphatic rings. The molecule has 1 N–H and O–H groups in total. The third-order valence-electron chi connectivity index (χ3n) is 4.86. The van der Waals surface area contributed by atoms with Gasteiger partial charge in [-0.2, -0.15) is 0 Å². The van der Waals surface area contributed by atoms with Crippen LogP contribution < -0.4 is 5.32 Å². The summed E-state index contributed by atoms with van der Waals surface area (Å²) in [6, 6.07) is -0.787. The first-order chi connectivity index (χ1) is 9.87. The highest BCUT2D eigenvalue weighted by atomic mass is 32.2. The van der Waals surface area contributed by atoms with E-state index >= 15 is 0 Å². The molecule has 21 heavy (non-hydrogen) atoms. The average Bonchev–Trinajstić information content (AvgIpc) is 3.01. The highest BCUT2D eigenvalue weighted by molar-refractivity contribution is 7.92. The van der Waals surface area contributed by atoms with Crippen LogP contribution in [0.25, 0.3) is 0 Å². The molecule has 3 rings (SSSR count).